The van der Waals surface area contributed by atoms with E-state index in [1.54, 1.807) is 7.05 Å². The molecular weight excluding hydrogens is 137 g/mol. The summed E-state index contributed by atoms with van der Waals surface area (Å²) in [5.74, 6) is 0. The van der Waals surface area contributed by atoms with Gasteiger partial charge >= 0.3 is 0 Å². The van der Waals surface area contributed by atoms with Crippen molar-refractivity contribution in [2.45, 2.75) is 0 Å². The average Bonchev–Trinajstić information content (AvgIpc) is 2.31. The summed E-state index contributed by atoms with van der Waals surface area (Å²) in [5, 5.41) is 8.19. The lowest BCUT2D eigenvalue weighted by molar-refractivity contribution is 0.665. The molecule has 0 aliphatic rings. The Bertz CT molecular complexity index is 393. The van der Waals surface area contributed by atoms with Gasteiger partial charge in [-0.1, -0.05) is 17.6 Å². The Kier molecular flexibility index (Phi) is 1.21. The van der Waals surface area contributed by atoms with Crippen molar-refractivity contribution in [3.8, 4) is 0 Å². The van der Waals surface area contributed by atoms with Crippen LogP contribution in [0.2, 0.25) is 0 Å². The molecule has 0 aliphatic heterocycles. The predicted molar refractivity (Wildman–Crippen MR) is 43.9 cm³/mol. The van der Waals surface area contributed by atoms with Crippen molar-refractivity contribution < 1.29 is 0 Å². The fourth-order valence-electron chi connectivity index (χ4n) is 1.06. The molecule has 0 saturated heterocycles. The molecule has 0 bridgehead atoms. The monoisotopic (exact) mass is 143 g/mol. The maximum absolute atomic E-state index is 5.65. The summed E-state index contributed by atoms with van der Waals surface area (Å²) in [7, 11) is 7.43. The summed E-state index contributed by atoms with van der Waals surface area (Å²) in [5.41, 5.74) is 2.29. The topological polar surface area (TPSA) is 30.7 Å². The van der Waals surface area contributed by atoms with Gasteiger partial charge in [0.15, 0.2) is 0 Å². The van der Waals surface area contributed by atoms with E-state index < -0.39 is 0 Å². The molecule has 0 N–H and O–H groups in total. The van der Waals surface area contributed by atoms with Gasteiger partial charge < -0.3 is 0 Å². The Morgan fingerprint density at radius 2 is 2.18 bits per heavy atom. The van der Waals surface area contributed by atoms with E-state index in [1.807, 2.05) is 18.2 Å². The van der Waals surface area contributed by atoms with E-state index in [9.17, 15) is 0 Å². The summed E-state index contributed by atoms with van der Waals surface area (Å²) in [4.78, 5) is 1.51. The minimum atomic E-state index is 0.676. The van der Waals surface area contributed by atoms with Gasteiger partial charge in [0.25, 0.3) is 0 Å². The van der Waals surface area contributed by atoms with Crippen molar-refractivity contribution in [2.24, 2.45) is 7.05 Å². The Balaban J connectivity index is 2.90. The molecule has 0 unspecified atom stereocenters. The number of hydrogen-bond donors (Lipinski definition) is 0. The minimum Gasteiger partial charge on any atom is -0.187 e. The molecule has 1 aromatic heterocycles. The molecule has 52 valence electrons. The van der Waals surface area contributed by atoms with Gasteiger partial charge in [0.2, 0.25) is 0 Å². The molecule has 1 heterocycles. The van der Waals surface area contributed by atoms with Crippen molar-refractivity contribution in [1.82, 2.24) is 15.0 Å². The number of fused-ring (bicyclic) bond motifs is 1. The zero-order valence-electron chi connectivity index (χ0n) is 6.15. The van der Waals surface area contributed by atoms with Gasteiger partial charge in [-0.3, -0.25) is 0 Å². The van der Waals surface area contributed by atoms with Crippen LogP contribution in [-0.4, -0.2) is 22.8 Å². The molecule has 0 fully saturated rings. The molecule has 2 radical (unpaired) electrons. The number of aromatic nitrogens is 3. The lowest BCUT2D eigenvalue weighted by atomic mass is 9.95. The van der Waals surface area contributed by atoms with Crippen LogP contribution in [0.4, 0.5) is 0 Å². The molecule has 2 rings (SSSR count). The van der Waals surface area contributed by atoms with Crippen LogP contribution in [0.1, 0.15) is 0 Å². The van der Waals surface area contributed by atoms with E-state index in [-0.39, 0.29) is 0 Å². The third-order valence-electron chi connectivity index (χ3n) is 1.54. The molecule has 0 aliphatic carbocycles. The van der Waals surface area contributed by atoms with Crippen LogP contribution in [0.3, 0.4) is 0 Å². The van der Waals surface area contributed by atoms with Gasteiger partial charge in [-0.15, -0.1) is 0 Å². The normalized spacial score (nSPS) is 10.6. The first-order chi connectivity index (χ1) is 5.27. The largest absolute Gasteiger partial charge is 0.187 e. The fraction of sp³-hybridized carbons (Fsp3) is 0.143. The van der Waals surface area contributed by atoms with Crippen LogP contribution in [0.15, 0.2) is 18.2 Å². The molecule has 0 spiro atoms. The van der Waals surface area contributed by atoms with E-state index in [4.69, 9.17) is 7.85 Å². The van der Waals surface area contributed by atoms with Crippen LogP contribution >= 0.6 is 0 Å². The van der Waals surface area contributed by atoms with E-state index >= 15 is 0 Å². The van der Waals surface area contributed by atoms with E-state index in [0.717, 1.165) is 11.0 Å². The summed E-state index contributed by atoms with van der Waals surface area (Å²) >= 11 is 0. The summed E-state index contributed by atoms with van der Waals surface area (Å²) in [6.07, 6.45) is 0. The van der Waals surface area contributed by atoms with Gasteiger partial charge in [0, 0.05) is 7.05 Å². The molecule has 4 heteroatoms. The fourth-order valence-corrected chi connectivity index (χ4v) is 1.06. The van der Waals surface area contributed by atoms with Crippen molar-refractivity contribution >= 4 is 24.3 Å². The highest BCUT2D eigenvalue weighted by molar-refractivity contribution is 6.37. The smallest absolute Gasteiger partial charge is 0.117 e. The maximum Gasteiger partial charge on any atom is 0.117 e. The van der Waals surface area contributed by atoms with Crippen LogP contribution in [0, 0.1) is 0 Å². The van der Waals surface area contributed by atoms with Gasteiger partial charge in [-0.25, -0.2) is 0 Å². The highest BCUT2D eigenvalue weighted by Gasteiger charge is 1.99. The van der Waals surface area contributed by atoms with Crippen molar-refractivity contribution in [1.29, 1.82) is 0 Å². The van der Waals surface area contributed by atoms with Crippen molar-refractivity contribution in [2.75, 3.05) is 0 Å². The van der Waals surface area contributed by atoms with E-state index in [0.29, 0.717) is 5.46 Å². The van der Waals surface area contributed by atoms with Crippen LogP contribution in [-0.2, 0) is 7.05 Å². The Hall–Kier alpha value is -1.32. The second kappa shape index (κ2) is 2.08. The summed E-state index contributed by atoms with van der Waals surface area (Å²) in [6.45, 7) is 0. The predicted octanol–water partition coefficient (Wildman–Crippen LogP) is -0.238. The minimum absolute atomic E-state index is 0.676. The number of aryl methyl sites for hydroxylation is 1. The van der Waals surface area contributed by atoms with Crippen molar-refractivity contribution in [3.05, 3.63) is 18.2 Å². The van der Waals surface area contributed by atoms with Crippen LogP contribution in [0.5, 0.6) is 0 Å². The lowest BCUT2D eigenvalue weighted by Gasteiger charge is -1.88. The third kappa shape index (κ3) is 0.907. The molecule has 0 saturated carbocycles. The zero-order valence-corrected chi connectivity index (χ0v) is 6.15. The number of rotatable bonds is 0. The molecule has 0 amide bonds. The number of benzene rings is 1. The second-order valence-corrected chi connectivity index (χ2v) is 2.40. The van der Waals surface area contributed by atoms with E-state index in [1.165, 1.54) is 4.80 Å². The molecule has 11 heavy (non-hydrogen) atoms. The van der Waals surface area contributed by atoms with Gasteiger partial charge in [-0.2, -0.15) is 15.0 Å². The molecule has 1 aromatic carbocycles. The first kappa shape index (κ1) is 6.40. The third-order valence-corrected chi connectivity index (χ3v) is 1.54. The Labute approximate surface area is 65.4 Å². The quantitative estimate of drug-likeness (QED) is 0.476. The SMILES string of the molecule is [B]c1cccc2nn(C)nc12. The van der Waals surface area contributed by atoms with Gasteiger partial charge in [0.05, 0.1) is 0 Å². The lowest BCUT2D eigenvalue weighted by Crippen LogP contribution is -2.03. The standard InChI is InChI=1S/C7H6BN3/c1-11-9-6-4-2-3-5(8)7(6)10-11/h2-4H,1H3. The molecular formula is C7H6BN3. The highest BCUT2D eigenvalue weighted by atomic mass is 15.4. The maximum atomic E-state index is 5.65. The van der Waals surface area contributed by atoms with Gasteiger partial charge in [0.1, 0.15) is 18.9 Å². The van der Waals surface area contributed by atoms with E-state index in [2.05, 4.69) is 10.2 Å². The van der Waals surface area contributed by atoms with Gasteiger partial charge in [-0.05, 0) is 6.07 Å². The Morgan fingerprint density at radius 3 is 2.91 bits per heavy atom. The van der Waals surface area contributed by atoms with Crippen LogP contribution in [0.25, 0.3) is 11.0 Å². The molecule has 3 nitrogen and oxygen atoms in total. The number of nitrogens with zero attached hydrogens (tertiary/aromatic N) is 3. The second-order valence-electron chi connectivity index (χ2n) is 2.40. The molecule has 2 aromatic rings. The molecule has 0 atom stereocenters. The first-order valence-electron chi connectivity index (χ1n) is 3.33. The first-order valence-corrected chi connectivity index (χ1v) is 3.33. The average molecular weight is 143 g/mol. The van der Waals surface area contributed by atoms with Crippen molar-refractivity contribution in [3.63, 3.8) is 0 Å². The zero-order chi connectivity index (χ0) is 7.84. The Morgan fingerprint density at radius 1 is 1.36 bits per heavy atom. The van der Waals surface area contributed by atoms with Crippen LogP contribution < -0.4 is 5.46 Å². The summed E-state index contributed by atoms with van der Waals surface area (Å²) in [6, 6.07) is 5.57. The highest BCUT2D eigenvalue weighted by Crippen LogP contribution is 2.02. The summed E-state index contributed by atoms with van der Waals surface area (Å²) < 4.78 is 0. The number of hydrogen-bond acceptors (Lipinski definition) is 2.